The smallest absolute Gasteiger partial charge is 0.164 e. The Morgan fingerprint density at radius 2 is 1.78 bits per heavy atom. The van der Waals surface area contributed by atoms with E-state index in [1.165, 1.54) is 26.1 Å². The summed E-state index contributed by atoms with van der Waals surface area (Å²) < 4.78 is 2.10. The van der Waals surface area contributed by atoms with Crippen LogP contribution in [-0.2, 0) is 0 Å². The van der Waals surface area contributed by atoms with Crippen LogP contribution in [0, 0.1) is 12.8 Å². The van der Waals surface area contributed by atoms with Crippen LogP contribution in [0.5, 0.6) is 0 Å². The summed E-state index contributed by atoms with van der Waals surface area (Å²) in [5.74, 6) is 1.21. The van der Waals surface area contributed by atoms with Crippen LogP contribution < -0.4 is 5.73 Å². The molecule has 36 heavy (non-hydrogen) atoms. The molecular formula is C29H29N7. The zero-order chi connectivity index (χ0) is 24.2. The summed E-state index contributed by atoms with van der Waals surface area (Å²) in [4.78, 5) is 16.6. The topological polar surface area (TPSA) is 85.8 Å². The van der Waals surface area contributed by atoms with Crippen LogP contribution in [0.1, 0.15) is 30.9 Å². The summed E-state index contributed by atoms with van der Waals surface area (Å²) in [7, 11) is 0. The van der Waals surface area contributed by atoms with Gasteiger partial charge in [0, 0.05) is 23.1 Å². The second kappa shape index (κ2) is 8.38. The van der Waals surface area contributed by atoms with Crippen molar-refractivity contribution < 1.29 is 0 Å². The van der Waals surface area contributed by atoms with Gasteiger partial charge in [-0.25, -0.2) is 19.6 Å². The Labute approximate surface area is 210 Å². The van der Waals surface area contributed by atoms with Crippen LogP contribution in [-0.4, -0.2) is 49.3 Å². The average molecular weight is 476 g/mol. The molecule has 2 aromatic carbocycles. The molecule has 0 bridgehead atoms. The Morgan fingerprint density at radius 3 is 2.56 bits per heavy atom. The molecule has 180 valence electrons. The predicted octanol–water partition coefficient (Wildman–Crippen LogP) is 5.26. The summed E-state index contributed by atoms with van der Waals surface area (Å²) >= 11 is 0. The van der Waals surface area contributed by atoms with Crippen molar-refractivity contribution in [3.05, 3.63) is 66.5 Å². The van der Waals surface area contributed by atoms with E-state index in [9.17, 15) is 0 Å². The van der Waals surface area contributed by atoms with E-state index in [2.05, 4.69) is 62.9 Å². The van der Waals surface area contributed by atoms with Crippen molar-refractivity contribution in [3.63, 3.8) is 0 Å². The average Bonchev–Trinajstić information content (AvgIpc) is 3.23. The second-order valence-electron chi connectivity index (χ2n) is 10.3. The molecule has 7 rings (SSSR count). The first kappa shape index (κ1) is 21.4. The lowest BCUT2D eigenvalue weighted by Gasteiger charge is -2.41. The minimum atomic E-state index is 0.352. The van der Waals surface area contributed by atoms with Gasteiger partial charge in [0.25, 0.3) is 0 Å². The van der Waals surface area contributed by atoms with E-state index >= 15 is 0 Å². The zero-order valence-electron chi connectivity index (χ0n) is 20.4. The number of hydrogen-bond donors (Lipinski definition) is 1. The Balaban J connectivity index is 1.31. The number of aryl methyl sites for hydroxylation is 1. The Hall–Kier alpha value is -3.84. The van der Waals surface area contributed by atoms with Crippen LogP contribution in [0.4, 0.5) is 5.82 Å². The number of rotatable bonds is 5. The summed E-state index contributed by atoms with van der Waals surface area (Å²) in [6, 6.07) is 19.1. The SMILES string of the molecule is Cc1c(-c2nn(C3CC(CN4CCC4)C3)c3ncnc(N)c23)ccc2ccc(-c3ccccc3)nc12. The lowest BCUT2D eigenvalue weighted by molar-refractivity contribution is 0.0880. The Morgan fingerprint density at radius 1 is 0.972 bits per heavy atom. The molecule has 7 nitrogen and oxygen atoms in total. The molecule has 1 aliphatic carbocycles. The Kier molecular flexibility index (Phi) is 4.99. The third-order valence-corrected chi connectivity index (χ3v) is 7.98. The van der Waals surface area contributed by atoms with Gasteiger partial charge in [0.05, 0.1) is 22.6 Å². The van der Waals surface area contributed by atoms with Crippen molar-refractivity contribution in [2.45, 2.75) is 32.2 Å². The number of nitrogens with two attached hydrogens (primary N) is 1. The van der Waals surface area contributed by atoms with E-state index in [1.54, 1.807) is 6.33 Å². The van der Waals surface area contributed by atoms with Gasteiger partial charge >= 0.3 is 0 Å². The van der Waals surface area contributed by atoms with Gasteiger partial charge in [0.2, 0.25) is 0 Å². The normalized spacial score (nSPS) is 19.9. The van der Waals surface area contributed by atoms with E-state index < -0.39 is 0 Å². The molecule has 7 heteroatoms. The van der Waals surface area contributed by atoms with E-state index in [1.807, 2.05) is 18.2 Å². The van der Waals surface area contributed by atoms with Gasteiger partial charge in [-0.2, -0.15) is 5.10 Å². The fourth-order valence-corrected chi connectivity index (χ4v) is 5.77. The molecule has 2 aliphatic rings. The summed E-state index contributed by atoms with van der Waals surface area (Å²) in [5.41, 5.74) is 13.3. The van der Waals surface area contributed by atoms with Crippen molar-refractivity contribution >= 4 is 27.8 Å². The maximum Gasteiger partial charge on any atom is 0.164 e. The molecule has 1 saturated carbocycles. The molecule has 0 spiro atoms. The highest BCUT2D eigenvalue weighted by Gasteiger charge is 2.35. The highest BCUT2D eigenvalue weighted by atomic mass is 15.3. The van der Waals surface area contributed by atoms with E-state index in [-0.39, 0.29) is 0 Å². The lowest BCUT2D eigenvalue weighted by atomic mass is 9.79. The first-order valence-electron chi connectivity index (χ1n) is 12.8. The van der Waals surface area contributed by atoms with E-state index in [0.717, 1.165) is 68.8 Å². The minimum absolute atomic E-state index is 0.352. The summed E-state index contributed by atoms with van der Waals surface area (Å²) in [6.07, 6.45) is 5.16. The van der Waals surface area contributed by atoms with Crippen molar-refractivity contribution in [2.75, 3.05) is 25.4 Å². The van der Waals surface area contributed by atoms with Gasteiger partial charge < -0.3 is 10.6 Å². The highest BCUT2D eigenvalue weighted by molar-refractivity contribution is 6.01. The third kappa shape index (κ3) is 3.45. The van der Waals surface area contributed by atoms with Crippen molar-refractivity contribution in [1.29, 1.82) is 0 Å². The van der Waals surface area contributed by atoms with Crippen LogP contribution in [0.3, 0.4) is 0 Å². The van der Waals surface area contributed by atoms with E-state index in [0.29, 0.717) is 11.9 Å². The first-order chi connectivity index (χ1) is 17.7. The van der Waals surface area contributed by atoms with Crippen LogP contribution >= 0.6 is 0 Å². The standard InChI is InChI=1S/C29H29N7/c1-18-23(10-8-21-9-11-24(33-26(18)21)20-6-3-2-4-7-20)27-25-28(30)31-17-32-29(25)36(34-27)22-14-19(15-22)16-35-12-5-13-35/h2-4,6-11,17,19,22H,5,12-16H2,1H3,(H2,30,31,32). The fraction of sp³-hybridized carbons (Fsp3) is 0.310. The number of aromatic nitrogens is 5. The molecule has 5 aromatic rings. The molecule has 3 aromatic heterocycles. The number of hydrogen-bond acceptors (Lipinski definition) is 6. The predicted molar refractivity (Wildman–Crippen MR) is 143 cm³/mol. The number of fused-ring (bicyclic) bond motifs is 2. The van der Waals surface area contributed by atoms with Gasteiger partial charge in [-0.3, -0.25) is 0 Å². The molecule has 2 fully saturated rings. The van der Waals surface area contributed by atoms with Gasteiger partial charge in [0.15, 0.2) is 5.65 Å². The molecule has 2 N–H and O–H groups in total. The third-order valence-electron chi connectivity index (χ3n) is 7.98. The van der Waals surface area contributed by atoms with Crippen LogP contribution in [0.2, 0.25) is 0 Å². The molecule has 0 unspecified atom stereocenters. The fourth-order valence-electron chi connectivity index (χ4n) is 5.77. The maximum atomic E-state index is 6.42. The van der Waals surface area contributed by atoms with Crippen LogP contribution in [0.25, 0.3) is 44.5 Å². The van der Waals surface area contributed by atoms with Gasteiger partial charge in [-0.15, -0.1) is 0 Å². The maximum absolute atomic E-state index is 6.42. The molecule has 1 saturated heterocycles. The number of likely N-dealkylation sites (tertiary alicyclic amines) is 1. The largest absolute Gasteiger partial charge is 0.383 e. The molecule has 1 aliphatic heterocycles. The number of pyridine rings is 1. The van der Waals surface area contributed by atoms with Gasteiger partial charge in [-0.05, 0) is 56.8 Å². The molecule has 4 heterocycles. The molecule has 0 amide bonds. The van der Waals surface area contributed by atoms with Crippen molar-refractivity contribution in [1.82, 2.24) is 29.6 Å². The monoisotopic (exact) mass is 475 g/mol. The van der Waals surface area contributed by atoms with Crippen molar-refractivity contribution in [2.24, 2.45) is 5.92 Å². The van der Waals surface area contributed by atoms with Gasteiger partial charge in [0.1, 0.15) is 17.8 Å². The summed E-state index contributed by atoms with van der Waals surface area (Å²) in [5, 5.41) is 7.08. The number of benzene rings is 2. The Bertz CT molecular complexity index is 1580. The first-order valence-corrected chi connectivity index (χ1v) is 12.8. The second-order valence-corrected chi connectivity index (χ2v) is 10.3. The van der Waals surface area contributed by atoms with E-state index in [4.69, 9.17) is 15.8 Å². The molecule has 0 atom stereocenters. The quantitative estimate of drug-likeness (QED) is 0.373. The highest BCUT2D eigenvalue weighted by Crippen LogP contribution is 2.43. The molecule has 0 radical (unpaired) electrons. The zero-order valence-corrected chi connectivity index (χ0v) is 20.4. The number of nitrogens with zero attached hydrogens (tertiary/aromatic N) is 6. The number of nitrogen functional groups attached to an aromatic ring is 1. The van der Waals surface area contributed by atoms with Gasteiger partial charge in [-0.1, -0.05) is 48.5 Å². The van der Waals surface area contributed by atoms with Crippen molar-refractivity contribution in [3.8, 4) is 22.5 Å². The summed E-state index contributed by atoms with van der Waals surface area (Å²) in [6.45, 7) is 5.83. The van der Waals surface area contributed by atoms with Crippen LogP contribution in [0.15, 0.2) is 60.9 Å². The lowest BCUT2D eigenvalue weighted by Crippen LogP contribution is -2.44. The number of anilines is 1. The minimum Gasteiger partial charge on any atom is -0.383 e. The molecular weight excluding hydrogens is 446 g/mol.